The maximum atomic E-state index is 13.9. The van der Waals surface area contributed by atoms with Crippen molar-refractivity contribution >= 4 is 5.91 Å². The van der Waals surface area contributed by atoms with Crippen molar-refractivity contribution in [1.29, 1.82) is 0 Å². The van der Waals surface area contributed by atoms with E-state index in [4.69, 9.17) is 4.74 Å². The molecule has 0 spiro atoms. The van der Waals surface area contributed by atoms with Crippen molar-refractivity contribution in [3.63, 3.8) is 0 Å². The van der Waals surface area contributed by atoms with Gasteiger partial charge in [0.2, 0.25) is 0 Å². The molecule has 0 fully saturated rings. The SMILES string of the molecule is C[C@H]1CN([C@@H](C)CO)C(=O)c2ccccc2-c2ccccc2CO[C@H]1CN(C)Cc1cccc(F)c1. The topological polar surface area (TPSA) is 53.0 Å². The lowest BCUT2D eigenvalue weighted by molar-refractivity contribution is -0.0241. The van der Waals surface area contributed by atoms with E-state index in [0.29, 0.717) is 31.8 Å². The molecule has 1 N–H and O–H groups in total. The lowest BCUT2D eigenvalue weighted by Gasteiger charge is -2.35. The molecule has 0 bridgehead atoms. The summed E-state index contributed by atoms with van der Waals surface area (Å²) >= 11 is 0. The largest absolute Gasteiger partial charge is 0.394 e. The van der Waals surface area contributed by atoms with Gasteiger partial charge in [0.25, 0.3) is 5.91 Å². The van der Waals surface area contributed by atoms with E-state index in [2.05, 4.69) is 11.8 Å². The predicted molar refractivity (Wildman–Crippen MR) is 140 cm³/mol. The highest BCUT2D eigenvalue weighted by Gasteiger charge is 2.30. The Morgan fingerprint density at radius 1 is 1.06 bits per heavy atom. The van der Waals surface area contributed by atoms with Crippen molar-refractivity contribution in [3.8, 4) is 11.1 Å². The number of nitrogens with zero attached hydrogens (tertiary/aromatic N) is 2. The Morgan fingerprint density at radius 3 is 2.47 bits per heavy atom. The van der Waals surface area contributed by atoms with Gasteiger partial charge in [0.1, 0.15) is 5.82 Å². The Morgan fingerprint density at radius 2 is 1.75 bits per heavy atom. The zero-order valence-electron chi connectivity index (χ0n) is 21.2. The number of aliphatic hydroxyl groups excluding tert-OH is 1. The second kappa shape index (κ2) is 11.8. The number of hydrogen-bond donors (Lipinski definition) is 1. The summed E-state index contributed by atoms with van der Waals surface area (Å²) in [5.74, 6) is -0.346. The molecule has 3 atom stereocenters. The average molecular weight is 491 g/mol. The molecule has 0 radical (unpaired) electrons. The number of aliphatic hydroxyl groups is 1. The Labute approximate surface area is 213 Å². The fourth-order valence-corrected chi connectivity index (χ4v) is 4.87. The minimum absolute atomic E-state index is 0.00432. The summed E-state index contributed by atoms with van der Waals surface area (Å²) in [5.41, 5.74) is 4.38. The Bertz CT molecular complexity index is 1180. The van der Waals surface area contributed by atoms with E-state index in [9.17, 15) is 14.3 Å². The van der Waals surface area contributed by atoms with Crippen molar-refractivity contribution < 1.29 is 19.0 Å². The molecule has 3 aromatic carbocycles. The molecule has 5 nitrogen and oxygen atoms in total. The highest BCUT2D eigenvalue weighted by Crippen LogP contribution is 2.31. The first-order chi connectivity index (χ1) is 17.4. The molecule has 0 unspecified atom stereocenters. The van der Waals surface area contributed by atoms with Crippen LogP contribution in [0.2, 0.25) is 0 Å². The maximum absolute atomic E-state index is 13.9. The number of ether oxygens (including phenoxy) is 1. The molecular weight excluding hydrogens is 455 g/mol. The van der Waals surface area contributed by atoms with Gasteiger partial charge >= 0.3 is 0 Å². The number of carbonyl (C=O) groups is 1. The first-order valence-electron chi connectivity index (χ1n) is 12.5. The summed E-state index contributed by atoms with van der Waals surface area (Å²) in [7, 11) is 2.00. The van der Waals surface area contributed by atoms with Crippen LogP contribution in [0.15, 0.2) is 72.8 Å². The third-order valence-corrected chi connectivity index (χ3v) is 6.93. The van der Waals surface area contributed by atoms with Gasteiger partial charge in [-0.05, 0) is 54.4 Å². The van der Waals surface area contributed by atoms with Crippen LogP contribution in [-0.2, 0) is 17.9 Å². The van der Waals surface area contributed by atoms with Crippen LogP contribution in [0.1, 0.15) is 35.3 Å². The van der Waals surface area contributed by atoms with Crippen LogP contribution in [0.3, 0.4) is 0 Å². The third kappa shape index (κ3) is 6.01. The van der Waals surface area contributed by atoms with Gasteiger partial charge in [0.15, 0.2) is 0 Å². The number of carbonyl (C=O) groups excluding carboxylic acids is 1. The van der Waals surface area contributed by atoms with Gasteiger partial charge in [-0.1, -0.05) is 61.5 Å². The van der Waals surface area contributed by atoms with Gasteiger partial charge in [-0.2, -0.15) is 0 Å². The van der Waals surface area contributed by atoms with Gasteiger partial charge < -0.3 is 14.7 Å². The lowest BCUT2D eigenvalue weighted by atomic mass is 9.94. The van der Waals surface area contributed by atoms with Crippen LogP contribution in [0.4, 0.5) is 4.39 Å². The van der Waals surface area contributed by atoms with Crippen molar-refractivity contribution in [2.45, 2.75) is 39.1 Å². The molecule has 190 valence electrons. The summed E-state index contributed by atoms with van der Waals surface area (Å²) < 4.78 is 20.2. The number of likely N-dealkylation sites (N-methyl/N-ethyl adjacent to an activating group) is 1. The number of amides is 1. The molecule has 6 heteroatoms. The van der Waals surface area contributed by atoms with E-state index >= 15 is 0 Å². The van der Waals surface area contributed by atoms with E-state index in [-0.39, 0.29) is 36.4 Å². The number of halogens is 1. The smallest absolute Gasteiger partial charge is 0.254 e. The van der Waals surface area contributed by atoms with E-state index in [1.165, 1.54) is 6.07 Å². The number of benzene rings is 3. The number of fused-ring (bicyclic) bond motifs is 3. The highest BCUT2D eigenvalue weighted by atomic mass is 19.1. The zero-order chi connectivity index (χ0) is 25.7. The molecule has 0 saturated heterocycles. The fraction of sp³-hybridized carbons (Fsp3) is 0.367. The third-order valence-electron chi connectivity index (χ3n) is 6.93. The zero-order valence-corrected chi connectivity index (χ0v) is 21.2. The molecule has 1 amide bonds. The molecule has 0 saturated carbocycles. The standard InChI is InChI=1S/C30H35FN2O3/c1-21-16-33(22(2)19-34)30(35)28-14-7-6-13-27(28)26-12-5-4-10-24(26)20-36-29(21)18-32(3)17-23-9-8-11-25(31)15-23/h4-15,21-22,29,34H,16-20H2,1-3H3/t21-,22-,29-/m0/s1. The monoisotopic (exact) mass is 490 g/mol. The van der Waals surface area contributed by atoms with Crippen LogP contribution in [0.25, 0.3) is 11.1 Å². The summed E-state index contributed by atoms with van der Waals surface area (Å²) in [6.45, 7) is 5.89. The van der Waals surface area contributed by atoms with Crippen molar-refractivity contribution in [1.82, 2.24) is 9.80 Å². The van der Waals surface area contributed by atoms with Gasteiger partial charge in [-0.3, -0.25) is 9.69 Å². The average Bonchev–Trinajstić information content (AvgIpc) is 2.89. The Balaban J connectivity index is 1.67. The van der Waals surface area contributed by atoms with Gasteiger partial charge in [-0.25, -0.2) is 4.39 Å². The summed E-state index contributed by atoms with van der Waals surface area (Å²) in [6.07, 6.45) is -0.181. The minimum atomic E-state index is -0.338. The van der Waals surface area contributed by atoms with Crippen LogP contribution >= 0.6 is 0 Å². The normalized spacial score (nSPS) is 19.4. The Hall–Kier alpha value is -3.06. The van der Waals surface area contributed by atoms with E-state index < -0.39 is 0 Å². The van der Waals surface area contributed by atoms with Gasteiger partial charge in [0.05, 0.1) is 25.4 Å². The second-order valence-electron chi connectivity index (χ2n) is 9.85. The molecule has 1 aliphatic heterocycles. The first kappa shape index (κ1) is 26.0. The molecule has 36 heavy (non-hydrogen) atoms. The quantitative estimate of drug-likeness (QED) is 0.529. The van der Waals surface area contributed by atoms with Gasteiger partial charge in [-0.15, -0.1) is 0 Å². The molecule has 1 aliphatic rings. The summed E-state index contributed by atoms with van der Waals surface area (Å²) in [5, 5.41) is 9.97. The second-order valence-corrected chi connectivity index (χ2v) is 9.85. The summed E-state index contributed by atoms with van der Waals surface area (Å²) in [4.78, 5) is 17.7. The lowest BCUT2D eigenvalue weighted by Crippen LogP contribution is -2.47. The van der Waals surface area contributed by atoms with Crippen LogP contribution < -0.4 is 0 Å². The van der Waals surface area contributed by atoms with Gasteiger partial charge in [0, 0.05) is 31.1 Å². The molecule has 1 heterocycles. The first-order valence-corrected chi connectivity index (χ1v) is 12.5. The molecule has 0 aromatic heterocycles. The molecule has 3 aromatic rings. The predicted octanol–water partition coefficient (Wildman–Crippen LogP) is 4.98. The number of rotatable bonds is 6. The van der Waals surface area contributed by atoms with E-state index in [1.54, 1.807) is 17.0 Å². The fourth-order valence-electron chi connectivity index (χ4n) is 4.87. The molecule has 4 rings (SSSR count). The van der Waals surface area contributed by atoms with Crippen LogP contribution in [-0.4, -0.2) is 59.7 Å². The van der Waals surface area contributed by atoms with E-state index in [1.807, 2.05) is 68.6 Å². The summed E-state index contributed by atoms with van der Waals surface area (Å²) in [6, 6.07) is 22.0. The van der Waals surface area contributed by atoms with E-state index in [0.717, 1.165) is 22.3 Å². The Kier molecular flexibility index (Phi) is 8.52. The van der Waals surface area contributed by atoms with Crippen molar-refractivity contribution in [2.24, 2.45) is 5.92 Å². The number of hydrogen-bond acceptors (Lipinski definition) is 4. The van der Waals surface area contributed by atoms with Crippen molar-refractivity contribution in [3.05, 3.63) is 95.3 Å². The van der Waals surface area contributed by atoms with Crippen LogP contribution in [0.5, 0.6) is 0 Å². The van der Waals surface area contributed by atoms with Crippen LogP contribution in [0, 0.1) is 11.7 Å². The van der Waals surface area contributed by atoms with Crippen molar-refractivity contribution in [2.75, 3.05) is 26.7 Å². The molecular formula is C30H35FN2O3. The highest BCUT2D eigenvalue weighted by molar-refractivity contribution is 6.01. The maximum Gasteiger partial charge on any atom is 0.254 e. The molecule has 0 aliphatic carbocycles. The minimum Gasteiger partial charge on any atom is -0.394 e.